The van der Waals surface area contributed by atoms with Crippen LogP contribution in [0.25, 0.3) is 0 Å². The van der Waals surface area contributed by atoms with Crippen LogP contribution in [0.3, 0.4) is 0 Å². The summed E-state index contributed by atoms with van der Waals surface area (Å²) in [6, 6.07) is 5.22. The maximum Gasteiger partial charge on any atom is 0.243 e. The van der Waals surface area contributed by atoms with E-state index in [1.165, 1.54) is 4.31 Å². The van der Waals surface area contributed by atoms with Crippen LogP contribution in [-0.4, -0.2) is 45.6 Å². The van der Waals surface area contributed by atoms with Crippen LogP contribution in [0, 0.1) is 0 Å². The van der Waals surface area contributed by atoms with Crippen LogP contribution in [-0.2, 0) is 21.2 Å². The van der Waals surface area contributed by atoms with E-state index in [2.05, 4.69) is 5.32 Å². The number of fused-ring (bicyclic) bond motifs is 1. The van der Waals surface area contributed by atoms with E-state index < -0.39 is 10.0 Å². The van der Waals surface area contributed by atoms with Crippen molar-refractivity contribution in [3.8, 4) is 0 Å². The highest BCUT2D eigenvalue weighted by Gasteiger charge is 2.27. The molecule has 6 heteroatoms. The quantitative estimate of drug-likeness (QED) is 0.868. The van der Waals surface area contributed by atoms with Gasteiger partial charge < -0.3 is 10.1 Å². The lowest BCUT2D eigenvalue weighted by Gasteiger charge is -2.25. The van der Waals surface area contributed by atoms with Crippen molar-refractivity contribution >= 4 is 15.7 Å². The highest BCUT2D eigenvalue weighted by molar-refractivity contribution is 7.89. The van der Waals surface area contributed by atoms with Gasteiger partial charge in [-0.25, -0.2) is 8.42 Å². The third-order valence-corrected chi connectivity index (χ3v) is 5.56. The summed E-state index contributed by atoms with van der Waals surface area (Å²) in [5, 5.41) is 3.24. The zero-order valence-corrected chi connectivity index (χ0v) is 13.0. The minimum absolute atomic E-state index is 0.0958. The first-order valence-electron chi connectivity index (χ1n) is 6.84. The summed E-state index contributed by atoms with van der Waals surface area (Å²) in [5.41, 5.74) is 2.11. The van der Waals surface area contributed by atoms with Crippen molar-refractivity contribution in [3.63, 3.8) is 0 Å². The number of anilines is 1. The van der Waals surface area contributed by atoms with Crippen molar-refractivity contribution in [2.24, 2.45) is 0 Å². The lowest BCUT2D eigenvalue weighted by molar-refractivity contribution is 0.171. The van der Waals surface area contributed by atoms with Gasteiger partial charge in [-0.1, -0.05) is 0 Å². The maximum atomic E-state index is 12.7. The van der Waals surface area contributed by atoms with Gasteiger partial charge in [0.1, 0.15) is 0 Å². The minimum Gasteiger partial charge on any atom is -0.384 e. The van der Waals surface area contributed by atoms with Crippen LogP contribution in [0.15, 0.2) is 23.1 Å². The van der Waals surface area contributed by atoms with E-state index in [0.717, 1.165) is 24.2 Å². The van der Waals surface area contributed by atoms with E-state index in [9.17, 15) is 8.42 Å². The second-order valence-corrected chi connectivity index (χ2v) is 7.09. The Labute approximate surface area is 121 Å². The third kappa shape index (κ3) is 2.97. The molecule has 5 nitrogen and oxygen atoms in total. The number of methoxy groups -OCH3 is 1. The lowest BCUT2D eigenvalue weighted by Crippen LogP contribution is -2.39. The van der Waals surface area contributed by atoms with Gasteiger partial charge >= 0.3 is 0 Å². The number of rotatable bonds is 6. The second-order valence-electron chi connectivity index (χ2n) is 5.20. The van der Waals surface area contributed by atoms with Crippen molar-refractivity contribution in [1.82, 2.24) is 4.31 Å². The Balaban J connectivity index is 2.32. The molecule has 0 fully saturated rings. The molecule has 1 aliphatic rings. The zero-order chi connectivity index (χ0) is 14.8. The molecule has 0 spiro atoms. The van der Waals surface area contributed by atoms with Gasteiger partial charge in [-0.3, -0.25) is 0 Å². The molecule has 2 rings (SSSR count). The van der Waals surface area contributed by atoms with Gasteiger partial charge in [0.15, 0.2) is 0 Å². The molecule has 1 aliphatic heterocycles. The molecule has 1 aromatic carbocycles. The molecule has 0 radical (unpaired) electrons. The number of sulfonamides is 1. The Hall–Kier alpha value is -1.11. The van der Waals surface area contributed by atoms with Crippen LogP contribution in [0.5, 0.6) is 0 Å². The summed E-state index contributed by atoms with van der Waals surface area (Å²) in [7, 11) is -1.89. The first-order chi connectivity index (χ1) is 9.46. The summed E-state index contributed by atoms with van der Waals surface area (Å²) >= 11 is 0. The van der Waals surface area contributed by atoms with E-state index in [4.69, 9.17) is 4.74 Å². The van der Waals surface area contributed by atoms with Crippen LogP contribution >= 0.6 is 0 Å². The summed E-state index contributed by atoms with van der Waals surface area (Å²) in [6.45, 7) is 5.39. The van der Waals surface area contributed by atoms with Crippen LogP contribution < -0.4 is 5.32 Å². The molecule has 0 aromatic heterocycles. The average Bonchev–Trinajstić information content (AvgIpc) is 2.85. The average molecular weight is 298 g/mol. The Morgan fingerprint density at radius 2 is 2.15 bits per heavy atom. The highest BCUT2D eigenvalue weighted by atomic mass is 32.2. The zero-order valence-electron chi connectivity index (χ0n) is 12.2. The van der Waals surface area contributed by atoms with E-state index >= 15 is 0 Å². The van der Waals surface area contributed by atoms with Gasteiger partial charge in [-0.05, 0) is 44.0 Å². The molecule has 0 atom stereocenters. The normalized spacial score (nSPS) is 14.7. The molecule has 0 amide bonds. The van der Waals surface area contributed by atoms with Crippen molar-refractivity contribution in [3.05, 3.63) is 23.8 Å². The number of nitrogens with one attached hydrogen (secondary N) is 1. The van der Waals surface area contributed by atoms with Gasteiger partial charge in [0.2, 0.25) is 10.0 Å². The van der Waals surface area contributed by atoms with Crippen LogP contribution in [0.4, 0.5) is 5.69 Å². The van der Waals surface area contributed by atoms with Crippen molar-refractivity contribution in [2.45, 2.75) is 31.2 Å². The molecular weight excluding hydrogens is 276 g/mol. The number of hydrogen-bond acceptors (Lipinski definition) is 4. The molecule has 0 saturated carbocycles. The van der Waals surface area contributed by atoms with Crippen LogP contribution in [0.1, 0.15) is 19.4 Å². The highest BCUT2D eigenvalue weighted by Crippen LogP contribution is 2.27. The smallest absolute Gasteiger partial charge is 0.243 e. The molecule has 112 valence electrons. The monoisotopic (exact) mass is 298 g/mol. The molecule has 0 saturated heterocycles. The van der Waals surface area contributed by atoms with E-state index in [-0.39, 0.29) is 6.04 Å². The Kier molecular flexibility index (Phi) is 4.67. The predicted molar refractivity (Wildman–Crippen MR) is 79.5 cm³/mol. The molecule has 1 heterocycles. The van der Waals surface area contributed by atoms with Gasteiger partial charge in [-0.2, -0.15) is 4.31 Å². The largest absolute Gasteiger partial charge is 0.384 e. The Morgan fingerprint density at radius 3 is 2.80 bits per heavy atom. The van der Waals surface area contributed by atoms with Crippen LogP contribution in [0.2, 0.25) is 0 Å². The first-order valence-corrected chi connectivity index (χ1v) is 8.28. The van der Waals surface area contributed by atoms with Gasteiger partial charge in [-0.15, -0.1) is 0 Å². The van der Waals surface area contributed by atoms with E-state index in [1.54, 1.807) is 19.2 Å². The Morgan fingerprint density at radius 1 is 1.40 bits per heavy atom. The summed E-state index contributed by atoms with van der Waals surface area (Å²) in [4.78, 5) is 0.366. The SMILES string of the molecule is COCCN(C(C)C)S(=O)(=O)c1ccc2c(c1)CCN2. The standard InChI is InChI=1S/C14H22N2O3S/c1-11(2)16(8-9-19-3)20(17,18)13-4-5-14-12(10-13)6-7-15-14/h4-5,10-11,15H,6-9H2,1-3H3. The van der Waals surface area contributed by atoms with E-state index in [1.807, 2.05) is 19.9 Å². The van der Waals surface area contributed by atoms with Gasteiger partial charge in [0, 0.05) is 31.9 Å². The molecule has 1 N–H and O–H groups in total. The molecular formula is C14H22N2O3S. The third-order valence-electron chi connectivity index (χ3n) is 3.48. The first kappa shape index (κ1) is 15.3. The summed E-state index contributed by atoms with van der Waals surface area (Å²) in [6.07, 6.45) is 0.873. The molecule has 20 heavy (non-hydrogen) atoms. The van der Waals surface area contributed by atoms with Crippen molar-refractivity contribution in [2.75, 3.05) is 32.1 Å². The fourth-order valence-electron chi connectivity index (χ4n) is 2.41. The number of ether oxygens (including phenoxy) is 1. The van der Waals surface area contributed by atoms with Gasteiger partial charge in [0.25, 0.3) is 0 Å². The second kappa shape index (κ2) is 6.11. The van der Waals surface area contributed by atoms with Gasteiger partial charge in [0.05, 0.1) is 11.5 Å². The van der Waals surface area contributed by atoms with E-state index in [0.29, 0.717) is 18.0 Å². The Bertz CT molecular complexity index is 570. The van der Waals surface area contributed by atoms with Crippen molar-refractivity contribution in [1.29, 1.82) is 0 Å². The lowest BCUT2D eigenvalue weighted by atomic mass is 10.2. The molecule has 0 aliphatic carbocycles. The van der Waals surface area contributed by atoms with Crippen molar-refractivity contribution < 1.29 is 13.2 Å². The predicted octanol–water partition coefficient (Wildman–Crippen LogP) is 1.70. The molecule has 0 unspecified atom stereocenters. The number of nitrogens with zero attached hydrogens (tertiary/aromatic N) is 1. The number of benzene rings is 1. The fourth-order valence-corrected chi connectivity index (χ4v) is 4.09. The number of hydrogen-bond donors (Lipinski definition) is 1. The summed E-state index contributed by atoms with van der Waals surface area (Å²) in [5.74, 6) is 0. The maximum absolute atomic E-state index is 12.7. The minimum atomic E-state index is -3.47. The summed E-state index contributed by atoms with van der Waals surface area (Å²) < 4.78 is 32.0. The molecule has 0 bridgehead atoms. The molecule has 1 aromatic rings. The fraction of sp³-hybridized carbons (Fsp3) is 0.571. The topological polar surface area (TPSA) is 58.6 Å².